The van der Waals surface area contributed by atoms with Crippen LogP contribution in [0.25, 0.3) is 0 Å². The minimum atomic E-state index is -0.193. The Morgan fingerprint density at radius 1 is 1.31 bits per heavy atom. The summed E-state index contributed by atoms with van der Waals surface area (Å²) in [5.74, 6) is 0.907. The summed E-state index contributed by atoms with van der Waals surface area (Å²) in [7, 11) is 1.71. The quantitative estimate of drug-likeness (QED) is 0.902. The highest BCUT2D eigenvalue weighted by Gasteiger charge is 2.34. The normalized spacial score (nSPS) is 18.8. The number of methoxy groups -OCH3 is 1. The number of benzene rings is 1. The second-order valence-corrected chi connectivity index (χ2v) is 5.43. The van der Waals surface area contributed by atoms with Gasteiger partial charge in [0.05, 0.1) is 11.6 Å². The lowest BCUT2D eigenvalue weighted by Gasteiger charge is -2.27. The minimum absolute atomic E-state index is 0.193. The smallest absolute Gasteiger partial charge is 0.138 e. The zero-order chi connectivity index (χ0) is 11.8. The lowest BCUT2D eigenvalue weighted by atomic mass is 9.88. The fraction of sp³-hybridized carbons (Fsp3) is 0.538. The van der Waals surface area contributed by atoms with Crippen LogP contribution in [0.5, 0.6) is 5.75 Å². The van der Waals surface area contributed by atoms with Crippen LogP contribution in [0.3, 0.4) is 0 Å². The highest BCUT2D eigenvalue weighted by molar-refractivity contribution is 9.10. The second kappa shape index (κ2) is 4.38. The monoisotopic (exact) mass is 283 g/mol. The molecule has 1 aromatic rings. The molecule has 1 saturated carbocycles. The fourth-order valence-electron chi connectivity index (χ4n) is 2.52. The summed E-state index contributed by atoms with van der Waals surface area (Å²) >= 11 is 3.58. The van der Waals surface area contributed by atoms with E-state index in [9.17, 15) is 0 Å². The summed E-state index contributed by atoms with van der Waals surface area (Å²) < 4.78 is 6.54. The van der Waals surface area contributed by atoms with E-state index in [1.165, 1.54) is 18.4 Å². The van der Waals surface area contributed by atoms with Crippen molar-refractivity contribution in [2.24, 2.45) is 5.73 Å². The molecule has 0 atom stereocenters. The number of hydrogen-bond donors (Lipinski definition) is 1. The van der Waals surface area contributed by atoms with Crippen molar-refractivity contribution >= 4 is 15.9 Å². The van der Waals surface area contributed by atoms with E-state index < -0.39 is 0 Å². The second-order valence-electron chi connectivity index (χ2n) is 4.64. The van der Waals surface area contributed by atoms with Crippen molar-refractivity contribution in [1.82, 2.24) is 0 Å². The third-order valence-electron chi connectivity index (χ3n) is 3.53. The Morgan fingerprint density at radius 3 is 2.50 bits per heavy atom. The predicted molar refractivity (Wildman–Crippen MR) is 69.8 cm³/mol. The van der Waals surface area contributed by atoms with E-state index in [4.69, 9.17) is 10.5 Å². The van der Waals surface area contributed by atoms with Gasteiger partial charge in [-0.15, -0.1) is 0 Å². The molecule has 0 unspecified atom stereocenters. The Hall–Kier alpha value is -0.540. The largest absolute Gasteiger partial charge is 0.495 e. The first-order valence-corrected chi connectivity index (χ1v) is 6.50. The van der Waals surface area contributed by atoms with E-state index in [1.807, 2.05) is 0 Å². The van der Waals surface area contributed by atoms with E-state index in [2.05, 4.69) is 35.0 Å². The van der Waals surface area contributed by atoms with Crippen LogP contribution >= 0.6 is 15.9 Å². The Balaban J connectivity index is 2.52. The molecule has 1 fully saturated rings. The number of nitrogens with two attached hydrogens (primary N) is 1. The Bertz CT molecular complexity index is 397. The van der Waals surface area contributed by atoms with E-state index in [-0.39, 0.29) is 5.54 Å². The van der Waals surface area contributed by atoms with Crippen LogP contribution in [0.15, 0.2) is 16.6 Å². The molecule has 0 aromatic heterocycles. The van der Waals surface area contributed by atoms with Gasteiger partial charge in [0.15, 0.2) is 0 Å². The van der Waals surface area contributed by atoms with Crippen LogP contribution in [0.4, 0.5) is 0 Å². The summed E-state index contributed by atoms with van der Waals surface area (Å²) in [4.78, 5) is 0. The lowest BCUT2D eigenvalue weighted by Crippen LogP contribution is -2.33. The molecular formula is C13H18BrNO. The van der Waals surface area contributed by atoms with Gasteiger partial charge in [-0.3, -0.25) is 0 Å². The Labute approximate surface area is 105 Å². The van der Waals surface area contributed by atoms with Gasteiger partial charge in [-0.1, -0.05) is 25.0 Å². The van der Waals surface area contributed by atoms with Crippen LogP contribution in [-0.2, 0) is 5.54 Å². The third-order valence-corrected chi connectivity index (χ3v) is 4.51. The van der Waals surface area contributed by atoms with Crippen molar-refractivity contribution in [2.75, 3.05) is 7.11 Å². The van der Waals surface area contributed by atoms with Crippen molar-refractivity contribution < 1.29 is 4.74 Å². The van der Waals surface area contributed by atoms with Gasteiger partial charge in [-0.2, -0.15) is 0 Å². The van der Waals surface area contributed by atoms with Crippen LogP contribution in [0, 0.1) is 6.92 Å². The Morgan fingerprint density at radius 2 is 1.94 bits per heavy atom. The van der Waals surface area contributed by atoms with Gasteiger partial charge in [-0.05, 0) is 41.3 Å². The first kappa shape index (κ1) is 11.9. The molecule has 0 bridgehead atoms. The van der Waals surface area contributed by atoms with Crippen molar-refractivity contribution in [3.05, 3.63) is 27.7 Å². The molecule has 1 aliphatic carbocycles. The Kier molecular flexibility index (Phi) is 3.27. The van der Waals surface area contributed by atoms with Crippen molar-refractivity contribution in [2.45, 2.75) is 38.1 Å². The number of aryl methyl sites for hydroxylation is 1. The molecule has 2 rings (SSSR count). The van der Waals surface area contributed by atoms with E-state index in [0.29, 0.717) is 0 Å². The maximum atomic E-state index is 6.47. The maximum absolute atomic E-state index is 6.47. The molecule has 0 aliphatic heterocycles. The highest BCUT2D eigenvalue weighted by Crippen LogP contribution is 2.44. The predicted octanol–water partition coefficient (Wildman–Crippen LogP) is 3.49. The van der Waals surface area contributed by atoms with E-state index in [0.717, 1.165) is 28.6 Å². The standard InChI is InChI=1S/C13H18BrNO/c1-9-5-6-10(12(16-2)11(9)14)13(15)7-3-4-8-13/h5-6H,3-4,7-8,15H2,1-2H3. The number of hydrogen-bond acceptors (Lipinski definition) is 2. The fourth-order valence-corrected chi connectivity index (χ4v) is 3.03. The molecular weight excluding hydrogens is 266 g/mol. The van der Waals surface area contributed by atoms with Gasteiger partial charge in [-0.25, -0.2) is 0 Å². The van der Waals surface area contributed by atoms with Gasteiger partial charge in [0.25, 0.3) is 0 Å². The van der Waals surface area contributed by atoms with E-state index in [1.54, 1.807) is 7.11 Å². The van der Waals surface area contributed by atoms with Gasteiger partial charge in [0, 0.05) is 11.1 Å². The zero-order valence-corrected chi connectivity index (χ0v) is 11.4. The zero-order valence-electron chi connectivity index (χ0n) is 9.85. The first-order valence-electron chi connectivity index (χ1n) is 5.71. The molecule has 16 heavy (non-hydrogen) atoms. The molecule has 0 amide bonds. The highest BCUT2D eigenvalue weighted by atomic mass is 79.9. The molecule has 0 radical (unpaired) electrons. The molecule has 3 heteroatoms. The van der Waals surface area contributed by atoms with Crippen LogP contribution in [0.2, 0.25) is 0 Å². The molecule has 0 spiro atoms. The maximum Gasteiger partial charge on any atom is 0.138 e. The lowest BCUT2D eigenvalue weighted by molar-refractivity contribution is 0.376. The minimum Gasteiger partial charge on any atom is -0.495 e. The topological polar surface area (TPSA) is 35.2 Å². The summed E-state index contributed by atoms with van der Waals surface area (Å²) in [5.41, 5.74) is 8.61. The summed E-state index contributed by atoms with van der Waals surface area (Å²) in [6, 6.07) is 4.22. The molecule has 1 aliphatic rings. The van der Waals surface area contributed by atoms with Gasteiger partial charge < -0.3 is 10.5 Å². The van der Waals surface area contributed by atoms with Gasteiger partial charge in [0.2, 0.25) is 0 Å². The molecule has 88 valence electrons. The number of rotatable bonds is 2. The SMILES string of the molecule is COc1c(C2(N)CCCC2)ccc(C)c1Br. The van der Waals surface area contributed by atoms with Crippen molar-refractivity contribution in [1.29, 1.82) is 0 Å². The van der Waals surface area contributed by atoms with Gasteiger partial charge >= 0.3 is 0 Å². The molecule has 0 saturated heterocycles. The van der Waals surface area contributed by atoms with Crippen LogP contribution < -0.4 is 10.5 Å². The van der Waals surface area contributed by atoms with Crippen molar-refractivity contribution in [3.8, 4) is 5.75 Å². The number of ether oxygens (including phenoxy) is 1. The van der Waals surface area contributed by atoms with Crippen LogP contribution in [-0.4, -0.2) is 7.11 Å². The molecule has 1 aromatic carbocycles. The average Bonchev–Trinajstić information content (AvgIpc) is 2.70. The molecule has 0 heterocycles. The van der Waals surface area contributed by atoms with Crippen molar-refractivity contribution in [3.63, 3.8) is 0 Å². The summed E-state index contributed by atoms with van der Waals surface area (Å²) in [6.45, 7) is 2.06. The first-order chi connectivity index (χ1) is 7.58. The third kappa shape index (κ3) is 1.87. The van der Waals surface area contributed by atoms with E-state index >= 15 is 0 Å². The van der Waals surface area contributed by atoms with Crippen LogP contribution in [0.1, 0.15) is 36.8 Å². The summed E-state index contributed by atoms with van der Waals surface area (Å²) in [5, 5.41) is 0. The number of halogens is 1. The van der Waals surface area contributed by atoms with Gasteiger partial charge in [0.1, 0.15) is 5.75 Å². The molecule has 2 nitrogen and oxygen atoms in total. The average molecular weight is 284 g/mol. The molecule has 2 N–H and O–H groups in total. The summed E-state index contributed by atoms with van der Waals surface area (Å²) in [6.07, 6.45) is 4.54.